The Morgan fingerprint density at radius 2 is 2.12 bits per heavy atom. The number of nitrogens with zero attached hydrogens (tertiary/aromatic N) is 2. The molecule has 1 aliphatic heterocycles. The molecule has 0 saturated heterocycles. The van der Waals surface area contributed by atoms with Gasteiger partial charge in [0.15, 0.2) is 5.13 Å². The van der Waals surface area contributed by atoms with Gasteiger partial charge >= 0.3 is 0 Å². The highest BCUT2D eigenvalue weighted by Crippen LogP contribution is 2.30. The SMILES string of the molecule is CNc1nc2c(s1)CN(c1ccccc1)CC2. The molecule has 1 aromatic carbocycles. The maximum absolute atomic E-state index is 4.58. The Labute approximate surface area is 105 Å². The van der Waals surface area contributed by atoms with Crippen LogP contribution in [0.15, 0.2) is 30.3 Å². The van der Waals surface area contributed by atoms with Crippen LogP contribution in [0.3, 0.4) is 0 Å². The Hall–Kier alpha value is -1.55. The number of benzene rings is 1. The van der Waals surface area contributed by atoms with Gasteiger partial charge in [-0.05, 0) is 12.1 Å². The van der Waals surface area contributed by atoms with E-state index < -0.39 is 0 Å². The molecule has 3 rings (SSSR count). The summed E-state index contributed by atoms with van der Waals surface area (Å²) in [6.07, 6.45) is 1.04. The van der Waals surface area contributed by atoms with Crippen molar-refractivity contribution in [3.05, 3.63) is 40.9 Å². The first-order valence-electron chi connectivity index (χ1n) is 5.83. The van der Waals surface area contributed by atoms with E-state index in [9.17, 15) is 0 Å². The third-order valence-corrected chi connectivity index (χ3v) is 4.17. The average molecular weight is 245 g/mol. The standard InChI is InChI=1S/C13H15N3S/c1-14-13-15-11-7-8-16(9-12(11)17-13)10-5-3-2-4-6-10/h2-6H,7-9H2,1H3,(H,14,15). The predicted molar refractivity (Wildman–Crippen MR) is 72.9 cm³/mol. The van der Waals surface area contributed by atoms with E-state index in [0.29, 0.717) is 0 Å². The first-order chi connectivity index (χ1) is 8.36. The second kappa shape index (κ2) is 4.37. The van der Waals surface area contributed by atoms with Gasteiger partial charge in [0.2, 0.25) is 0 Å². The molecule has 0 radical (unpaired) electrons. The number of aromatic nitrogens is 1. The molecule has 0 unspecified atom stereocenters. The van der Waals surface area contributed by atoms with E-state index in [1.165, 1.54) is 16.3 Å². The Kier molecular flexibility index (Phi) is 2.73. The molecular formula is C13H15N3S. The summed E-state index contributed by atoms with van der Waals surface area (Å²) in [5.41, 5.74) is 2.57. The van der Waals surface area contributed by atoms with E-state index in [2.05, 4.69) is 45.5 Å². The molecular weight excluding hydrogens is 230 g/mol. The van der Waals surface area contributed by atoms with Crippen LogP contribution < -0.4 is 10.2 Å². The van der Waals surface area contributed by atoms with Crippen molar-refractivity contribution in [1.29, 1.82) is 0 Å². The molecule has 0 aliphatic carbocycles. The highest BCUT2D eigenvalue weighted by molar-refractivity contribution is 7.15. The Balaban J connectivity index is 1.85. The fraction of sp³-hybridized carbons (Fsp3) is 0.308. The maximum atomic E-state index is 4.58. The van der Waals surface area contributed by atoms with Gasteiger partial charge in [-0.2, -0.15) is 0 Å². The second-order valence-corrected chi connectivity index (χ2v) is 5.23. The molecule has 88 valence electrons. The minimum Gasteiger partial charge on any atom is -0.366 e. The Morgan fingerprint density at radius 3 is 2.88 bits per heavy atom. The zero-order valence-electron chi connectivity index (χ0n) is 9.81. The zero-order valence-corrected chi connectivity index (χ0v) is 10.6. The number of rotatable bonds is 2. The van der Waals surface area contributed by atoms with E-state index in [0.717, 1.165) is 24.6 Å². The normalized spacial score (nSPS) is 14.5. The summed E-state index contributed by atoms with van der Waals surface area (Å²) in [5, 5.41) is 4.16. The number of hydrogen-bond acceptors (Lipinski definition) is 4. The fourth-order valence-corrected chi connectivity index (χ4v) is 3.14. The molecule has 0 spiro atoms. The van der Waals surface area contributed by atoms with Gasteiger partial charge in [0.25, 0.3) is 0 Å². The summed E-state index contributed by atoms with van der Waals surface area (Å²) in [7, 11) is 1.93. The van der Waals surface area contributed by atoms with Crippen molar-refractivity contribution in [3.8, 4) is 0 Å². The minimum absolute atomic E-state index is 0.985. The topological polar surface area (TPSA) is 28.2 Å². The van der Waals surface area contributed by atoms with Gasteiger partial charge in [-0.15, -0.1) is 0 Å². The fourth-order valence-electron chi connectivity index (χ4n) is 2.16. The van der Waals surface area contributed by atoms with E-state index in [1.54, 1.807) is 11.3 Å². The third-order valence-electron chi connectivity index (χ3n) is 3.07. The zero-order chi connectivity index (χ0) is 11.7. The average Bonchev–Trinajstić information content (AvgIpc) is 2.81. The van der Waals surface area contributed by atoms with Crippen molar-refractivity contribution in [2.24, 2.45) is 0 Å². The van der Waals surface area contributed by atoms with Crippen LogP contribution in [0.25, 0.3) is 0 Å². The molecule has 4 heteroatoms. The van der Waals surface area contributed by atoms with Gasteiger partial charge in [0, 0.05) is 30.6 Å². The molecule has 17 heavy (non-hydrogen) atoms. The Bertz CT molecular complexity index is 507. The molecule has 3 nitrogen and oxygen atoms in total. The first-order valence-corrected chi connectivity index (χ1v) is 6.65. The summed E-state index contributed by atoms with van der Waals surface area (Å²) in [6, 6.07) is 10.6. The van der Waals surface area contributed by atoms with Crippen LogP contribution in [0.4, 0.5) is 10.8 Å². The minimum atomic E-state index is 0.985. The number of para-hydroxylation sites is 1. The molecule has 0 amide bonds. The number of fused-ring (bicyclic) bond motifs is 1. The first kappa shape index (κ1) is 10.6. The number of thiazole rings is 1. The molecule has 0 bridgehead atoms. The molecule has 0 saturated carbocycles. The lowest BCUT2D eigenvalue weighted by Gasteiger charge is -2.28. The number of nitrogens with one attached hydrogen (secondary N) is 1. The predicted octanol–water partition coefficient (Wildman–Crippen LogP) is 2.75. The van der Waals surface area contributed by atoms with E-state index in [4.69, 9.17) is 0 Å². The smallest absolute Gasteiger partial charge is 0.182 e. The van der Waals surface area contributed by atoms with Gasteiger partial charge in [0.1, 0.15) is 0 Å². The molecule has 1 N–H and O–H groups in total. The number of hydrogen-bond donors (Lipinski definition) is 1. The van der Waals surface area contributed by atoms with E-state index >= 15 is 0 Å². The molecule has 0 fully saturated rings. The van der Waals surface area contributed by atoms with Gasteiger partial charge in [-0.1, -0.05) is 29.5 Å². The molecule has 2 heterocycles. The van der Waals surface area contributed by atoms with E-state index in [-0.39, 0.29) is 0 Å². The van der Waals surface area contributed by atoms with Crippen LogP contribution >= 0.6 is 11.3 Å². The summed E-state index contributed by atoms with van der Waals surface area (Å²) in [6.45, 7) is 2.04. The van der Waals surface area contributed by atoms with Gasteiger partial charge in [-0.25, -0.2) is 4.98 Å². The van der Waals surface area contributed by atoms with Gasteiger partial charge in [-0.3, -0.25) is 0 Å². The molecule has 1 aromatic heterocycles. The van der Waals surface area contributed by atoms with Crippen LogP contribution in [-0.4, -0.2) is 18.6 Å². The van der Waals surface area contributed by atoms with E-state index in [1.807, 2.05) is 7.05 Å². The van der Waals surface area contributed by atoms with Crippen molar-refractivity contribution in [2.75, 3.05) is 23.8 Å². The lowest BCUT2D eigenvalue weighted by atomic mass is 10.1. The van der Waals surface area contributed by atoms with Gasteiger partial charge in [0.05, 0.1) is 12.2 Å². The summed E-state index contributed by atoms with van der Waals surface area (Å²) < 4.78 is 0. The lowest BCUT2D eigenvalue weighted by molar-refractivity contribution is 0.729. The highest BCUT2D eigenvalue weighted by atomic mass is 32.1. The van der Waals surface area contributed by atoms with Gasteiger partial charge < -0.3 is 10.2 Å². The summed E-state index contributed by atoms with van der Waals surface area (Å²) in [4.78, 5) is 8.39. The lowest BCUT2D eigenvalue weighted by Crippen LogP contribution is -2.29. The quantitative estimate of drug-likeness (QED) is 0.881. The van der Waals surface area contributed by atoms with Crippen LogP contribution in [-0.2, 0) is 13.0 Å². The third kappa shape index (κ3) is 2.00. The van der Waals surface area contributed by atoms with Crippen molar-refractivity contribution in [2.45, 2.75) is 13.0 Å². The maximum Gasteiger partial charge on any atom is 0.182 e. The van der Waals surface area contributed by atoms with Crippen LogP contribution in [0, 0.1) is 0 Å². The van der Waals surface area contributed by atoms with Crippen LogP contribution in [0.1, 0.15) is 10.6 Å². The largest absolute Gasteiger partial charge is 0.366 e. The van der Waals surface area contributed by atoms with Crippen LogP contribution in [0.5, 0.6) is 0 Å². The second-order valence-electron chi connectivity index (χ2n) is 4.15. The van der Waals surface area contributed by atoms with Crippen molar-refractivity contribution in [3.63, 3.8) is 0 Å². The Morgan fingerprint density at radius 1 is 1.29 bits per heavy atom. The van der Waals surface area contributed by atoms with Crippen molar-refractivity contribution in [1.82, 2.24) is 4.98 Å². The molecule has 1 aliphatic rings. The van der Waals surface area contributed by atoms with Crippen molar-refractivity contribution < 1.29 is 0 Å². The molecule has 0 atom stereocenters. The summed E-state index contributed by atoms with van der Waals surface area (Å²) >= 11 is 1.77. The van der Waals surface area contributed by atoms with Crippen LogP contribution in [0.2, 0.25) is 0 Å². The monoisotopic (exact) mass is 245 g/mol. The number of anilines is 2. The highest BCUT2D eigenvalue weighted by Gasteiger charge is 2.20. The molecule has 2 aromatic rings. The van der Waals surface area contributed by atoms with Crippen molar-refractivity contribution >= 4 is 22.2 Å². The summed E-state index contributed by atoms with van der Waals surface area (Å²) in [5.74, 6) is 0.